The van der Waals surface area contributed by atoms with E-state index in [1.807, 2.05) is 18.2 Å². The second-order valence-corrected chi connectivity index (χ2v) is 10.2. The lowest BCUT2D eigenvalue weighted by atomic mass is 9.94. The molecule has 1 atom stereocenters. The SMILES string of the molecule is O=S1CCc2nc(N3CCC(c4cc5ccccc5o4)CC3)nc(N=C3CCOCC3)c21. The fraction of sp³-hybridized carbons (Fsp3) is 0.458. The van der Waals surface area contributed by atoms with Gasteiger partial charge >= 0.3 is 0 Å². The van der Waals surface area contributed by atoms with Crippen LogP contribution < -0.4 is 4.90 Å². The molecule has 8 heteroatoms. The Morgan fingerprint density at radius 2 is 1.88 bits per heavy atom. The first kappa shape index (κ1) is 20.1. The molecular weight excluding hydrogens is 424 g/mol. The third-order valence-electron chi connectivity index (χ3n) is 6.62. The molecule has 2 aromatic heterocycles. The normalized spacial score (nSPS) is 21.8. The topological polar surface area (TPSA) is 80.8 Å². The number of anilines is 1. The zero-order chi connectivity index (χ0) is 21.5. The van der Waals surface area contributed by atoms with Gasteiger partial charge in [-0.05, 0) is 25.0 Å². The number of nitrogens with zero attached hydrogens (tertiary/aromatic N) is 4. The second-order valence-electron chi connectivity index (χ2n) is 8.66. The van der Waals surface area contributed by atoms with Crippen LogP contribution in [-0.4, -0.2) is 51.9 Å². The molecule has 0 bridgehead atoms. The van der Waals surface area contributed by atoms with Crippen molar-refractivity contribution in [3.8, 4) is 0 Å². The largest absolute Gasteiger partial charge is 0.461 e. The van der Waals surface area contributed by atoms with E-state index in [-0.39, 0.29) is 0 Å². The van der Waals surface area contributed by atoms with Crippen LogP contribution in [0.3, 0.4) is 0 Å². The molecule has 3 aromatic rings. The molecule has 3 aliphatic heterocycles. The first-order valence-electron chi connectivity index (χ1n) is 11.4. The quantitative estimate of drug-likeness (QED) is 0.596. The Labute approximate surface area is 189 Å². The average molecular weight is 451 g/mol. The van der Waals surface area contributed by atoms with Crippen LogP contribution in [0.1, 0.15) is 43.1 Å². The fourth-order valence-electron chi connectivity index (χ4n) is 4.82. The van der Waals surface area contributed by atoms with Crippen LogP contribution in [0.4, 0.5) is 11.8 Å². The van der Waals surface area contributed by atoms with Gasteiger partial charge in [0.05, 0.1) is 29.7 Å². The Bertz CT molecular complexity index is 1170. The van der Waals surface area contributed by atoms with Crippen LogP contribution >= 0.6 is 0 Å². The van der Waals surface area contributed by atoms with Crippen molar-refractivity contribution in [3.05, 3.63) is 41.8 Å². The van der Waals surface area contributed by atoms with E-state index in [1.54, 1.807) is 0 Å². The number of rotatable bonds is 3. The van der Waals surface area contributed by atoms with E-state index in [9.17, 15) is 4.21 Å². The summed E-state index contributed by atoms with van der Waals surface area (Å²) in [7, 11) is -1.06. The Hall–Kier alpha value is -2.58. The maximum Gasteiger partial charge on any atom is 0.227 e. The standard InChI is InChI=1S/C24H26N4O3S/c29-32-14-9-19-22(32)23(25-18-7-12-30-13-8-18)27-24(26-19)28-10-5-16(6-11-28)21-15-17-3-1-2-4-20(17)31-21/h1-4,15-16H,5-14H2. The summed E-state index contributed by atoms with van der Waals surface area (Å²) < 4.78 is 24.2. The predicted molar refractivity (Wildman–Crippen MR) is 125 cm³/mol. The number of para-hydroxylation sites is 1. The van der Waals surface area contributed by atoms with Crippen molar-refractivity contribution < 1.29 is 13.4 Å². The van der Waals surface area contributed by atoms with E-state index < -0.39 is 10.8 Å². The van der Waals surface area contributed by atoms with Crippen LogP contribution in [0.5, 0.6) is 0 Å². The maximum absolute atomic E-state index is 12.6. The zero-order valence-corrected chi connectivity index (χ0v) is 18.8. The molecule has 1 unspecified atom stereocenters. The monoisotopic (exact) mass is 450 g/mol. The number of ether oxygens (including phenoxy) is 1. The van der Waals surface area contributed by atoms with E-state index in [1.165, 1.54) is 0 Å². The summed E-state index contributed by atoms with van der Waals surface area (Å²) in [6, 6.07) is 10.4. The number of piperidine rings is 1. The van der Waals surface area contributed by atoms with E-state index in [0.717, 1.165) is 84.2 Å². The van der Waals surface area contributed by atoms with Gasteiger partial charge < -0.3 is 14.1 Å². The lowest BCUT2D eigenvalue weighted by Crippen LogP contribution is -2.34. The van der Waals surface area contributed by atoms with Gasteiger partial charge in [0, 0.05) is 55.1 Å². The molecule has 2 saturated heterocycles. The molecule has 0 N–H and O–H groups in total. The third kappa shape index (κ3) is 3.75. The average Bonchev–Trinajstić information content (AvgIpc) is 3.44. The van der Waals surface area contributed by atoms with Crippen molar-refractivity contribution in [1.29, 1.82) is 0 Å². The van der Waals surface area contributed by atoms with E-state index >= 15 is 0 Å². The van der Waals surface area contributed by atoms with Gasteiger partial charge in [0.2, 0.25) is 5.95 Å². The van der Waals surface area contributed by atoms with Gasteiger partial charge in [-0.2, -0.15) is 4.98 Å². The van der Waals surface area contributed by atoms with Gasteiger partial charge in [0.25, 0.3) is 0 Å². The molecule has 0 saturated carbocycles. The fourth-order valence-corrected chi connectivity index (χ4v) is 6.11. The Morgan fingerprint density at radius 3 is 2.69 bits per heavy atom. The van der Waals surface area contributed by atoms with Crippen LogP contribution in [-0.2, 0) is 22.0 Å². The molecule has 6 rings (SSSR count). The van der Waals surface area contributed by atoms with Crippen molar-refractivity contribution in [2.24, 2.45) is 4.99 Å². The summed E-state index contributed by atoms with van der Waals surface area (Å²) >= 11 is 0. The van der Waals surface area contributed by atoms with Gasteiger partial charge in [-0.1, -0.05) is 18.2 Å². The molecule has 166 valence electrons. The summed E-state index contributed by atoms with van der Waals surface area (Å²) in [5.74, 6) is 3.42. The van der Waals surface area contributed by atoms with Gasteiger partial charge in [0.1, 0.15) is 16.2 Å². The minimum absolute atomic E-state index is 0.405. The third-order valence-corrected chi connectivity index (χ3v) is 8.07. The minimum atomic E-state index is -1.06. The molecule has 0 aliphatic carbocycles. The van der Waals surface area contributed by atoms with Gasteiger partial charge in [-0.25, -0.2) is 9.98 Å². The number of furan rings is 1. The lowest BCUT2D eigenvalue weighted by molar-refractivity contribution is 0.135. The number of fused-ring (bicyclic) bond motifs is 2. The zero-order valence-electron chi connectivity index (χ0n) is 18.0. The molecular formula is C24H26N4O3S. The van der Waals surface area contributed by atoms with Crippen molar-refractivity contribution in [1.82, 2.24) is 9.97 Å². The van der Waals surface area contributed by atoms with Gasteiger partial charge in [-0.3, -0.25) is 4.21 Å². The Morgan fingerprint density at radius 1 is 1.06 bits per heavy atom. The number of aryl methyl sites for hydroxylation is 1. The molecule has 32 heavy (non-hydrogen) atoms. The number of benzene rings is 1. The second kappa shape index (κ2) is 8.41. The maximum atomic E-state index is 12.6. The summed E-state index contributed by atoms with van der Waals surface area (Å²) in [6.07, 6.45) is 4.34. The van der Waals surface area contributed by atoms with Crippen molar-refractivity contribution >= 4 is 39.2 Å². The molecule has 0 amide bonds. The summed E-state index contributed by atoms with van der Waals surface area (Å²) in [6.45, 7) is 3.12. The van der Waals surface area contributed by atoms with Gasteiger partial charge in [-0.15, -0.1) is 0 Å². The minimum Gasteiger partial charge on any atom is -0.461 e. The van der Waals surface area contributed by atoms with Crippen molar-refractivity contribution in [3.63, 3.8) is 0 Å². The molecule has 2 fully saturated rings. The number of hydrogen-bond acceptors (Lipinski definition) is 7. The summed E-state index contributed by atoms with van der Waals surface area (Å²) in [5.41, 5.74) is 2.94. The molecule has 0 radical (unpaired) electrons. The number of hydrogen-bond donors (Lipinski definition) is 0. The molecule has 0 spiro atoms. The van der Waals surface area contributed by atoms with Crippen LogP contribution in [0, 0.1) is 0 Å². The van der Waals surface area contributed by atoms with Crippen LogP contribution in [0.15, 0.2) is 44.6 Å². The molecule has 3 aliphatic rings. The highest BCUT2D eigenvalue weighted by molar-refractivity contribution is 7.85. The highest BCUT2D eigenvalue weighted by Crippen LogP contribution is 2.36. The number of aromatic nitrogens is 2. The summed E-state index contributed by atoms with van der Waals surface area (Å²) in [5, 5.41) is 1.16. The highest BCUT2D eigenvalue weighted by Gasteiger charge is 2.30. The van der Waals surface area contributed by atoms with E-state index in [0.29, 0.717) is 30.7 Å². The lowest BCUT2D eigenvalue weighted by Gasteiger charge is -2.31. The Kier molecular flexibility index (Phi) is 5.27. The Balaban J connectivity index is 1.24. The first-order chi connectivity index (χ1) is 15.7. The smallest absolute Gasteiger partial charge is 0.227 e. The molecule has 1 aromatic carbocycles. The molecule has 7 nitrogen and oxygen atoms in total. The number of aliphatic imine (C=N–C) groups is 1. The van der Waals surface area contributed by atoms with E-state index in [4.69, 9.17) is 24.1 Å². The highest BCUT2D eigenvalue weighted by atomic mass is 32.2. The summed E-state index contributed by atoms with van der Waals surface area (Å²) in [4.78, 5) is 17.5. The predicted octanol–water partition coefficient (Wildman–Crippen LogP) is 4.15. The van der Waals surface area contributed by atoms with Crippen molar-refractivity contribution in [2.45, 2.75) is 42.9 Å². The molecule has 5 heterocycles. The van der Waals surface area contributed by atoms with Crippen LogP contribution in [0.2, 0.25) is 0 Å². The van der Waals surface area contributed by atoms with Crippen LogP contribution in [0.25, 0.3) is 11.0 Å². The van der Waals surface area contributed by atoms with Crippen molar-refractivity contribution in [2.75, 3.05) is 37.0 Å². The van der Waals surface area contributed by atoms with E-state index in [2.05, 4.69) is 17.0 Å². The first-order valence-corrected chi connectivity index (χ1v) is 12.7. The van der Waals surface area contributed by atoms with Gasteiger partial charge in [0.15, 0.2) is 5.82 Å².